The van der Waals surface area contributed by atoms with Crippen molar-refractivity contribution in [1.82, 2.24) is 30.0 Å². The molecule has 0 spiro atoms. The summed E-state index contributed by atoms with van der Waals surface area (Å²) < 4.78 is 7.08. The topological polar surface area (TPSA) is 118 Å². The zero-order valence-electron chi connectivity index (χ0n) is 13.5. The molecule has 1 aliphatic rings. The van der Waals surface area contributed by atoms with Gasteiger partial charge in [0.25, 0.3) is 0 Å². The van der Waals surface area contributed by atoms with Crippen LogP contribution in [0.1, 0.15) is 24.2 Å². The van der Waals surface area contributed by atoms with Crippen LogP contribution >= 0.6 is 0 Å². The van der Waals surface area contributed by atoms with Gasteiger partial charge in [-0.25, -0.2) is 14.9 Å². The molecule has 1 unspecified atom stereocenters. The summed E-state index contributed by atoms with van der Waals surface area (Å²) in [6.45, 7) is 1.32. The molecule has 9 heteroatoms. The lowest BCUT2D eigenvalue weighted by Crippen LogP contribution is -2.33. The highest BCUT2D eigenvalue weighted by Crippen LogP contribution is 2.21. The lowest BCUT2D eigenvalue weighted by Gasteiger charge is -2.22. The Hall–Kier alpha value is -2.94. The molecule has 3 heterocycles. The van der Waals surface area contributed by atoms with Gasteiger partial charge in [-0.15, -0.1) is 0 Å². The molecule has 4 rings (SSSR count). The smallest absolute Gasteiger partial charge is 0.343 e. The van der Waals surface area contributed by atoms with Crippen molar-refractivity contribution in [3.63, 3.8) is 0 Å². The third-order valence-electron chi connectivity index (χ3n) is 4.20. The van der Waals surface area contributed by atoms with Crippen molar-refractivity contribution in [3.8, 4) is 0 Å². The Morgan fingerprint density at radius 3 is 3.16 bits per heavy atom. The van der Waals surface area contributed by atoms with Gasteiger partial charge < -0.3 is 15.0 Å². The van der Waals surface area contributed by atoms with Gasteiger partial charge in [0.05, 0.1) is 30.6 Å². The normalized spacial score (nSPS) is 16.7. The van der Waals surface area contributed by atoms with E-state index < -0.39 is 6.10 Å². The van der Waals surface area contributed by atoms with E-state index in [-0.39, 0.29) is 18.0 Å². The second-order valence-corrected chi connectivity index (χ2v) is 5.90. The predicted octanol–water partition coefficient (Wildman–Crippen LogP) is 0.268. The van der Waals surface area contributed by atoms with Crippen LogP contribution in [0.3, 0.4) is 0 Å². The fourth-order valence-corrected chi connectivity index (χ4v) is 2.99. The molecule has 0 bridgehead atoms. The lowest BCUT2D eigenvalue weighted by molar-refractivity contribution is -0.125. The number of benzene rings is 1. The zero-order chi connectivity index (χ0) is 17.2. The van der Waals surface area contributed by atoms with Crippen molar-refractivity contribution in [2.24, 2.45) is 0 Å². The number of hydrogen-bond donors (Lipinski definition) is 3. The van der Waals surface area contributed by atoms with Crippen LogP contribution in [0, 0.1) is 0 Å². The first kappa shape index (κ1) is 15.6. The van der Waals surface area contributed by atoms with E-state index in [1.165, 1.54) is 4.57 Å². The first-order chi connectivity index (χ1) is 12.2. The molecule has 0 fully saturated rings. The van der Waals surface area contributed by atoms with Crippen LogP contribution in [0.5, 0.6) is 0 Å². The van der Waals surface area contributed by atoms with Crippen LogP contribution in [-0.2, 0) is 22.5 Å². The average molecular weight is 342 g/mol. The molecule has 25 heavy (non-hydrogen) atoms. The Morgan fingerprint density at radius 1 is 1.40 bits per heavy atom. The Kier molecular flexibility index (Phi) is 4.06. The van der Waals surface area contributed by atoms with Crippen LogP contribution in [0.15, 0.2) is 29.1 Å². The Bertz CT molecular complexity index is 923. The molecular formula is C16H18N6O3. The monoisotopic (exact) mass is 342 g/mol. The number of para-hydroxylation sites is 2. The van der Waals surface area contributed by atoms with Gasteiger partial charge in [0, 0.05) is 13.0 Å². The highest BCUT2D eigenvalue weighted by molar-refractivity contribution is 5.76. The first-order valence-electron chi connectivity index (χ1n) is 8.18. The van der Waals surface area contributed by atoms with Crippen LogP contribution in [0.2, 0.25) is 0 Å². The van der Waals surface area contributed by atoms with Crippen LogP contribution in [0.4, 0.5) is 0 Å². The number of H-pyrrole nitrogens is 2. The molecule has 1 aliphatic heterocycles. The maximum absolute atomic E-state index is 12.1. The number of carbonyl (C=O) groups is 1. The van der Waals surface area contributed by atoms with E-state index in [2.05, 4.69) is 25.5 Å². The Balaban J connectivity index is 1.32. The van der Waals surface area contributed by atoms with Crippen LogP contribution in [0.25, 0.3) is 11.0 Å². The number of imidazole rings is 1. The molecule has 1 aromatic carbocycles. The van der Waals surface area contributed by atoms with E-state index in [1.807, 2.05) is 24.3 Å². The van der Waals surface area contributed by atoms with E-state index in [0.717, 1.165) is 16.9 Å². The number of fused-ring (bicyclic) bond motifs is 2. The summed E-state index contributed by atoms with van der Waals surface area (Å²) in [5, 5.41) is 9.20. The molecular weight excluding hydrogens is 324 g/mol. The molecule has 9 nitrogen and oxygen atoms in total. The molecule has 130 valence electrons. The fraction of sp³-hybridized carbons (Fsp3) is 0.375. The maximum Gasteiger partial charge on any atom is 0.343 e. The van der Waals surface area contributed by atoms with Crippen molar-refractivity contribution >= 4 is 16.9 Å². The van der Waals surface area contributed by atoms with E-state index in [1.54, 1.807) is 0 Å². The molecule has 0 saturated carbocycles. The predicted molar refractivity (Wildman–Crippen MR) is 89.0 cm³/mol. The number of aromatic nitrogens is 5. The third kappa shape index (κ3) is 3.18. The van der Waals surface area contributed by atoms with Crippen molar-refractivity contribution < 1.29 is 9.53 Å². The molecule has 0 aliphatic carbocycles. The minimum absolute atomic E-state index is 0.129. The van der Waals surface area contributed by atoms with E-state index in [9.17, 15) is 9.59 Å². The number of aromatic amines is 2. The summed E-state index contributed by atoms with van der Waals surface area (Å²) in [4.78, 5) is 31.4. The van der Waals surface area contributed by atoms with E-state index in [0.29, 0.717) is 31.9 Å². The Labute approximate surface area is 142 Å². The summed E-state index contributed by atoms with van der Waals surface area (Å²) in [5.41, 5.74) is 1.63. The molecule has 2 aromatic heterocycles. The molecule has 1 amide bonds. The molecule has 0 saturated heterocycles. The number of nitrogens with one attached hydrogen (secondary N) is 3. The lowest BCUT2D eigenvalue weighted by atomic mass is 10.2. The highest BCUT2D eigenvalue weighted by Gasteiger charge is 2.26. The van der Waals surface area contributed by atoms with Crippen molar-refractivity contribution in [2.75, 3.05) is 13.2 Å². The zero-order valence-corrected chi connectivity index (χ0v) is 13.5. The van der Waals surface area contributed by atoms with Gasteiger partial charge in [-0.2, -0.15) is 5.10 Å². The minimum Gasteiger partial charge on any atom is -0.368 e. The van der Waals surface area contributed by atoms with Crippen molar-refractivity contribution in [1.29, 1.82) is 0 Å². The summed E-state index contributed by atoms with van der Waals surface area (Å²) in [5.74, 6) is 1.16. The molecule has 0 radical (unpaired) electrons. The Morgan fingerprint density at radius 2 is 2.28 bits per heavy atom. The number of hydrogen-bond acceptors (Lipinski definition) is 5. The fourth-order valence-electron chi connectivity index (χ4n) is 2.99. The van der Waals surface area contributed by atoms with Gasteiger partial charge in [-0.1, -0.05) is 12.1 Å². The van der Waals surface area contributed by atoms with Crippen molar-refractivity contribution in [2.45, 2.75) is 25.5 Å². The van der Waals surface area contributed by atoms with Crippen molar-refractivity contribution in [3.05, 3.63) is 46.4 Å². The molecule has 3 aromatic rings. The summed E-state index contributed by atoms with van der Waals surface area (Å²) in [6.07, 6.45) is 0.239. The van der Waals surface area contributed by atoms with Gasteiger partial charge in [0.15, 0.2) is 5.82 Å². The second-order valence-electron chi connectivity index (χ2n) is 5.90. The first-order valence-corrected chi connectivity index (χ1v) is 8.18. The molecule has 3 N–H and O–H groups in total. The summed E-state index contributed by atoms with van der Waals surface area (Å²) >= 11 is 0. The van der Waals surface area contributed by atoms with E-state index in [4.69, 9.17) is 4.74 Å². The minimum atomic E-state index is -0.501. The highest BCUT2D eigenvalue weighted by atomic mass is 16.5. The van der Waals surface area contributed by atoms with Gasteiger partial charge in [-0.3, -0.25) is 9.36 Å². The van der Waals surface area contributed by atoms with E-state index >= 15 is 0 Å². The number of ether oxygens (including phenoxy) is 1. The van der Waals surface area contributed by atoms with Crippen LogP contribution in [-0.4, -0.2) is 43.8 Å². The number of amides is 1. The maximum atomic E-state index is 12.1. The quantitative estimate of drug-likeness (QED) is 0.615. The largest absolute Gasteiger partial charge is 0.368 e. The third-order valence-corrected chi connectivity index (χ3v) is 4.20. The van der Waals surface area contributed by atoms with Gasteiger partial charge in [0.1, 0.15) is 11.9 Å². The number of carbonyl (C=O) groups excluding carboxylic acids is 1. The molecule has 1 atom stereocenters. The standard InChI is InChI=1S/C16H18N6O3/c23-14(9-12-15-20-21-16(24)22(15)7-8-25-12)17-6-5-13-18-10-3-1-2-4-11(10)19-13/h1-4,12H,5-9H2,(H,17,23)(H,18,19)(H,21,24). The number of rotatable bonds is 5. The second kappa shape index (κ2) is 6.52. The van der Waals surface area contributed by atoms with Gasteiger partial charge in [0.2, 0.25) is 5.91 Å². The average Bonchev–Trinajstić information content (AvgIpc) is 3.19. The summed E-state index contributed by atoms with van der Waals surface area (Å²) in [6, 6.07) is 7.80. The van der Waals surface area contributed by atoms with Gasteiger partial charge in [-0.05, 0) is 12.1 Å². The summed E-state index contributed by atoms with van der Waals surface area (Å²) in [7, 11) is 0. The van der Waals surface area contributed by atoms with Gasteiger partial charge >= 0.3 is 5.69 Å². The number of nitrogens with zero attached hydrogens (tertiary/aromatic N) is 3. The van der Waals surface area contributed by atoms with Crippen LogP contribution < -0.4 is 11.0 Å². The SMILES string of the molecule is O=C(CC1OCCn2c1n[nH]c2=O)NCCc1nc2ccccc2[nH]1.